The van der Waals surface area contributed by atoms with Gasteiger partial charge in [-0.2, -0.15) is 5.10 Å². The molecule has 1 aromatic carbocycles. The van der Waals surface area contributed by atoms with Gasteiger partial charge < -0.3 is 4.74 Å². The lowest BCUT2D eigenvalue weighted by Gasteiger charge is -2.55. The van der Waals surface area contributed by atoms with E-state index in [2.05, 4.69) is 5.10 Å². The van der Waals surface area contributed by atoms with Crippen molar-refractivity contribution in [2.45, 2.75) is 64.8 Å². The first-order valence-corrected chi connectivity index (χ1v) is 11.7. The minimum absolute atomic E-state index is 0.0727. The number of ketones is 1. The van der Waals surface area contributed by atoms with Gasteiger partial charge in [0.15, 0.2) is 18.1 Å². The van der Waals surface area contributed by atoms with Crippen molar-refractivity contribution in [3.05, 3.63) is 40.3 Å². The second-order valence-corrected chi connectivity index (χ2v) is 9.97. The second kappa shape index (κ2) is 7.88. The van der Waals surface area contributed by atoms with Crippen LogP contribution in [-0.4, -0.2) is 28.1 Å². The third-order valence-corrected chi connectivity index (χ3v) is 7.75. The Labute approximate surface area is 182 Å². The van der Waals surface area contributed by atoms with E-state index in [1.807, 2.05) is 6.92 Å². The minimum atomic E-state index is -0.625. The number of nitrogens with zero attached hydrogens (tertiary/aromatic N) is 2. The zero-order chi connectivity index (χ0) is 21.6. The van der Waals surface area contributed by atoms with Crippen molar-refractivity contribution >= 4 is 22.5 Å². The molecule has 0 aliphatic heterocycles. The highest BCUT2D eigenvalue weighted by molar-refractivity contribution is 6.02. The average molecular weight is 423 g/mol. The van der Waals surface area contributed by atoms with Gasteiger partial charge in [-0.05, 0) is 68.8 Å². The number of hydrogen-bond donors (Lipinski definition) is 0. The lowest BCUT2D eigenvalue weighted by molar-refractivity contribution is -0.147. The number of hydrogen-bond acceptors (Lipinski definition) is 5. The number of ether oxygens (including phenoxy) is 1. The van der Waals surface area contributed by atoms with Crippen molar-refractivity contribution in [2.75, 3.05) is 6.61 Å². The summed E-state index contributed by atoms with van der Waals surface area (Å²) in [6, 6.07) is 6.97. The standard InChI is InChI=1S/C25H30N2O4/c1-2-3-8-27-23(29)20-7-5-4-6-19(20)22(26-27)24(30)31-15-21(28)25-12-16-9-17(13-25)11-18(10-16)14-25/h4-7,16-18H,2-3,8-15H2,1H3. The number of aryl methyl sites for hydroxylation is 1. The van der Waals surface area contributed by atoms with Crippen molar-refractivity contribution in [3.63, 3.8) is 0 Å². The van der Waals surface area contributed by atoms with Crippen LogP contribution in [0.4, 0.5) is 0 Å². The topological polar surface area (TPSA) is 78.3 Å². The van der Waals surface area contributed by atoms with E-state index in [9.17, 15) is 14.4 Å². The molecular weight excluding hydrogens is 392 g/mol. The van der Waals surface area contributed by atoms with Crippen LogP contribution in [0.5, 0.6) is 0 Å². The van der Waals surface area contributed by atoms with Gasteiger partial charge in [0.1, 0.15) is 0 Å². The molecule has 4 fully saturated rings. The first-order chi connectivity index (χ1) is 15.0. The number of esters is 1. The van der Waals surface area contributed by atoms with Gasteiger partial charge in [0.25, 0.3) is 5.56 Å². The fraction of sp³-hybridized carbons (Fsp3) is 0.600. The molecule has 0 N–H and O–H groups in total. The second-order valence-electron chi connectivity index (χ2n) is 9.97. The van der Waals surface area contributed by atoms with Gasteiger partial charge in [-0.1, -0.05) is 31.5 Å². The quantitative estimate of drug-likeness (QED) is 0.627. The smallest absolute Gasteiger partial charge is 0.359 e. The number of fused-ring (bicyclic) bond motifs is 1. The minimum Gasteiger partial charge on any atom is -0.453 e. The number of unbranched alkanes of at least 4 members (excludes halogenated alkanes) is 1. The maximum absolute atomic E-state index is 13.2. The van der Waals surface area contributed by atoms with E-state index in [1.165, 1.54) is 23.9 Å². The molecule has 0 spiro atoms. The number of rotatable bonds is 7. The van der Waals surface area contributed by atoms with Gasteiger partial charge in [-0.15, -0.1) is 0 Å². The van der Waals surface area contributed by atoms with Gasteiger partial charge in [0.2, 0.25) is 0 Å². The van der Waals surface area contributed by atoms with Crippen molar-refractivity contribution in [1.29, 1.82) is 0 Å². The Hall–Kier alpha value is -2.50. The fourth-order valence-corrected chi connectivity index (χ4v) is 6.65. The summed E-state index contributed by atoms with van der Waals surface area (Å²) >= 11 is 0. The number of aromatic nitrogens is 2. The van der Waals surface area contributed by atoms with E-state index >= 15 is 0 Å². The van der Waals surface area contributed by atoms with E-state index < -0.39 is 5.97 Å². The van der Waals surface area contributed by atoms with Crippen LogP contribution in [0, 0.1) is 23.2 Å². The lowest BCUT2D eigenvalue weighted by atomic mass is 9.48. The third-order valence-electron chi connectivity index (χ3n) is 7.75. The molecule has 4 aliphatic rings. The average Bonchev–Trinajstić information content (AvgIpc) is 2.76. The third kappa shape index (κ3) is 3.60. The summed E-state index contributed by atoms with van der Waals surface area (Å²) in [6.07, 6.45) is 8.38. The highest BCUT2D eigenvalue weighted by atomic mass is 16.5. The van der Waals surface area contributed by atoms with Crippen LogP contribution < -0.4 is 5.56 Å². The first-order valence-electron chi connectivity index (χ1n) is 11.7. The molecule has 4 aliphatic carbocycles. The van der Waals surface area contributed by atoms with Crippen LogP contribution in [0.2, 0.25) is 0 Å². The fourth-order valence-electron chi connectivity index (χ4n) is 6.65. The number of carbonyl (C=O) groups excluding carboxylic acids is 2. The highest BCUT2D eigenvalue weighted by Crippen LogP contribution is 2.60. The molecule has 6 heteroatoms. The Morgan fingerprint density at radius 3 is 2.29 bits per heavy atom. The Morgan fingerprint density at radius 2 is 1.68 bits per heavy atom. The van der Waals surface area contributed by atoms with Crippen molar-refractivity contribution in [1.82, 2.24) is 9.78 Å². The lowest BCUT2D eigenvalue weighted by Crippen LogP contribution is -2.51. The van der Waals surface area contributed by atoms with Crippen molar-refractivity contribution < 1.29 is 14.3 Å². The van der Waals surface area contributed by atoms with Crippen molar-refractivity contribution in [3.8, 4) is 0 Å². The molecule has 4 bridgehead atoms. The van der Waals surface area contributed by atoms with Crippen molar-refractivity contribution in [2.24, 2.45) is 23.2 Å². The van der Waals surface area contributed by atoms with Crippen LogP contribution in [-0.2, 0) is 16.1 Å². The Kier molecular flexibility index (Phi) is 5.19. The van der Waals surface area contributed by atoms with E-state index in [-0.39, 0.29) is 29.1 Å². The molecule has 6 rings (SSSR count). The van der Waals surface area contributed by atoms with Gasteiger partial charge >= 0.3 is 5.97 Å². The largest absolute Gasteiger partial charge is 0.453 e. The van der Waals surface area contributed by atoms with E-state index in [0.717, 1.165) is 32.1 Å². The molecule has 0 amide bonds. The molecule has 1 aromatic heterocycles. The van der Waals surface area contributed by atoms with E-state index in [1.54, 1.807) is 24.3 Å². The normalized spacial score (nSPS) is 28.7. The maximum Gasteiger partial charge on any atom is 0.359 e. The van der Waals surface area contributed by atoms with Gasteiger partial charge in [0, 0.05) is 17.3 Å². The zero-order valence-electron chi connectivity index (χ0n) is 18.1. The molecule has 0 radical (unpaired) electrons. The predicted molar refractivity (Wildman–Crippen MR) is 117 cm³/mol. The molecular formula is C25H30N2O4. The monoisotopic (exact) mass is 422 g/mol. The summed E-state index contributed by atoms with van der Waals surface area (Å²) < 4.78 is 6.87. The molecule has 0 unspecified atom stereocenters. The summed E-state index contributed by atoms with van der Waals surface area (Å²) in [5, 5.41) is 5.26. The van der Waals surface area contributed by atoms with Crippen LogP contribution in [0.3, 0.4) is 0 Å². The summed E-state index contributed by atoms with van der Waals surface area (Å²) in [7, 11) is 0. The Balaban J connectivity index is 1.36. The van der Waals surface area contributed by atoms with Crippen LogP contribution in [0.1, 0.15) is 68.8 Å². The number of benzene rings is 1. The van der Waals surface area contributed by atoms with Crippen LogP contribution >= 0.6 is 0 Å². The van der Waals surface area contributed by atoms with Gasteiger partial charge in [-0.25, -0.2) is 9.48 Å². The molecule has 0 saturated heterocycles. The predicted octanol–water partition coefficient (Wildman–Crippen LogP) is 4.14. The summed E-state index contributed by atoms with van der Waals surface area (Å²) in [5.74, 6) is 1.44. The summed E-state index contributed by atoms with van der Waals surface area (Å²) in [4.78, 5) is 38.9. The molecule has 6 nitrogen and oxygen atoms in total. The van der Waals surface area contributed by atoms with E-state index in [0.29, 0.717) is 35.1 Å². The van der Waals surface area contributed by atoms with Gasteiger partial charge in [0.05, 0.1) is 5.39 Å². The number of Topliss-reactive ketones (excluding diaryl/α,β-unsaturated/α-hetero) is 1. The Bertz CT molecular complexity index is 1050. The molecule has 0 atom stereocenters. The maximum atomic E-state index is 13.2. The first kappa shape index (κ1) is 20.4. The number of carbonyl (C=O) groups is 2. The van der Waals surface area contributed by atoms with Gasteiger partial charge in [-0.3, -0.25) is 9.59 Å². The zero-order valence-corrected chi connectivity index (χ0v) is 18.1. The van der Waals surface area contributed by atoms with E-state index in [4.69, 9.17) is 4.74 Å². The van der Waals surface area contributed by atoms with Crippen LogP contribution in [0.15, 0.2) is 29.1 Å². The Morgan fingerprint density at radius 1 is 1.06 bits per heavy atom. The molecule has 1 heterocycles. The molecule has 164 valence electrons. The summed E-state index contributed by atoms with van der Waals surface area (Å²) in [5.41, 5.74) is -0.375. The highest BCUT2D eigenvalue weighted by Gasteiger charge is 2.54. The molecule has 4 saturated carbocycles. The molecule has 2 aromatic rings. The SMILES string of the molecule is CCCCn1nc(C(=O)OCC(=O)C23CC4CC(CC(C4)C2)C3)c2ccccc2c1=O. The molecule has 31 heavy (non-hydrogen) atoms. The van der Waals surface area contributed by atoms with Crippen LogP contribution in [0.25, 0.3) is 10.8 Å². The summed E-state index contributed by atoms with van der Waals surface area (Å²) in [6.45, 7) is 2.29.